The van der Waals surface area contributed by atoms with E-state index in [9.17, 15) is 21.2 Å². The van der Waals surface area contributed by atoms with E-state index in [0.717, 1.165) is 24.1 Å². The number of nitrogens with one attached hydrogen (secondary N) is 1. The van der Waals surface area contributed by atoms with Crippen molar-refractivity contribution in [1.29, 1.82) is 0 Å². The quantitative estimate of drug-likeness (QED) is 0.839. The van der Waals surface area contributed by atoms with E-state index in [4.69, 9.17) is 0 Å². The van der Waals surface area contributed by atoms with Gasteiger partial charge in [0, 0.05) is 6.54 Å². The van der Waals surface area contributed by atoms with Crippen LogP contribution in [0.5, 0.6) is 0 Å². The van der Waals surface area contributed by atoms with Gasteiger partial charge in [0.2, 0.25) is 10.0 Å². The van der Waals surface area contributed by atoms with Gasteiger partial charge in [0.05, 0.1) is 22.0 Å². The molecule has 9 heteroatoms. The van der Waals surface area contributed by atoms with E-state index in [1.54, 1.807) is 19.1 Å². The summed E-state index contributed by atoms with van der Waals surface area (Å²) in [5.74, 6) is -0.690. The number of hydrogen-bond acceptors (Lipinski definition) is 4. The van der Waals surface area contributed by atoms with Gasteiger partial charge in [-0.2, -0.15) is 0 Å². The molecule has 1 N–H and O–H groups in total. The fraction of sp³-hybridized carbons (Fsp3) is 0.294. The molecule has 0 atom stereocenters. The minimum atomic E-state index is -3.98. The molecule has 0 spiro atoms. The molecule has 0 unspecified atom stereocenters. The zero-order chi connectivity index (χ0) is 18.9. The molecule has 140 valence electrons. The van der Waals surface area contributed by atoms with Gasteiger partial charge in [-0.05, 0) is 55.7 Å². The van der Waals surface area contributed by atoms with Gasteiger partial charge in [-0.25, -0.2) is 21.2 Å². The number of halogens is 1. The first-order valence-corrected chi connectivity index (χ1v) is 11.2. The second kappa shape index (κ2) is 6.88. The van der Waals surface area contributed by atoms with Gasteiger partial charge >= 0.3 is 0 Å². The van der Waals surface area contributed by atoms with Crippen LogP contribution in [0, 0.1) is 5.82 Å². The number of hydrogen-bond donors (Lipinski definition) is 1. The molecule has 0 saturated carbocycles. The predicted molar refractivity (Wildman–Crippen MR) is 98.8 cm³/mol. The topological polar surface area (TPSA) is 83.6 Å². The maximum atomic E-state index is 13.3. The van der Waals surface area contributed by atoms with Crippen LogP contribution in [0.2, 0.25) is 0 Å². The largest absolute Gasteiger partial charge is 0.280 e. The van der Waals surface area contributed by atoms with Crippen molar-refractivity contribution in [2.75, 3.05) is 21.3 Å². The van der Waals surface area contributed by atoms with Crippen molar-refractivity contribution in [3.63, 3.8) is 0 Å². The molecular formula is C17H19FN2O4S2. The van der Waals surface area contributed by atoms with E-state index in [1.807, 2.05) is 0 Å². The first kappa shape index (κ1) is 18.7. The predicted octanol–water partition coefficient (Wildman–Crippen LogP) is 2.73. The van der Waals surface area contributed by atoms with E-state index in [1.165, 1.54) is 22.5 Å². The highest BCUT2D eigenvalue weighted by atomic mass is 32.2. The summed E-state index contributed by atoms with van der Waals surface area (Å²) in [6, 6.07) is 9.50. The van der Waals surface area contributed by atoms with Gasteiger partial charge in [-0.3, -0.25) is 9.03 Å². The molecule has 1 aliphatic rings. The molecular weight excluding hydrogens is 379 g/mol. The van der Waals surface area contributed by atoms with Crippen LogP contribution in [-0.4, -0.2) is 29.1 Å². The summed E-state index contributed by atoms with van der Waals surface area (Å²) in [5.41, 5.74) is 1.56. The van der Waals surface area contributed by atoms with Gasteiger partial charge in [0.25, 0.3) is 10.0 Å². The normalized spacial score (nSPS) is 14.8. The molecule has 3 rings (SSSR count). The second-order valence-corrected chi connectivity index (χ2v) is 9.85. The van der Waals surface area contributed by atoms with Crippen LogP contribution in [0.15, 0.2) is 47.4 Å². The average molecular weight is 398 g/mol. The number of benzene rings is 2. The lowest BCUT2D eigenvalue weighted by Gasteiger charge is -2.30. The second-order valence-electron chi connectivity index (χ2n) is 5.98. The molecule has 0 fully saturated rings. The summed E-state index contributed by atoms with van der Waals surface area (Å²) < 4.78 is 66.6. The smallest absolute Gasteiger partial charge is 0.261 e. The first-order valence-electron chi connectivity index (χ1n) is 8.15. The minimum Gasteiger partial charge on any atom is -0.280 e. The van der Waals surface area contributed by atoms with E-state index in [-0.39, 0.29) is 16.3 Å². The molecule has 2 aromatic carbocycles. The van der Waals surface area contributed by atoms with Crippen LogP contribution in [0.1, 0.15) is 18.9 Å². The summed E-state index contributed by atoms with van der Waals surface area (Å²) in [7, 11) is -7.43. The minimum absolute atomic E-state index is 0.0360. The van der Waals surface area contributed by atoms with Gasteiger partial charge in [0.15, 0.2) is 0 Å². The lowest BCUT2D eigenvalue weighted by Crippen LogP contribution is -2.36. The summed E-state index contributed by atoms with van der Waals surface area (Å²) >= 11 is 0. The van der Waals surface area contributed by atoms with Crippen LogP contribution in [-0.2, 0) is 26.5 Å². The molecule has 0 amide bonds. The van der Waals surface area contributed by atoms with E-state index in [0.29, 0.717) is 18.7 Å². The van der Waals surface area contributed by atoms with Crippen LogP contribution in [0.4, 0.5) is 15.8 Å². The van der Waals surface area contributed by atoms with Crippen molar-refractivity contribution in [3.8, 4) is 0 Å². The number of aryl methyl sites for hydroxylation is 1. The van der Waals surface area contributed by atoms with Gasteiger partial charge < -0.3 is 0 Å². The Balaban J connectivity index is 1.97. The molecule has 0 radical (unpaired) electrons. The zero-order valence-electron chi connectivity index (χ0n) is 14.1. The summed E-state index contributed by atoms with van der Waals surface area (Å²) in [6.07, 6.45) is 1.43. The van der Waals surface area contributed by atoms with E-state index in [2.05, 4.69) is 4.72 Å². The first-order chi connectivity index (χ1) is 12.2. The fourth-order valence-corrected chi connectivity index (χ4v) is 5.17. The Labute approximate surface area is 152 Å². The monoisotopic (exact) mass is 398 g/mol. The van der Waals surface area contributed by atoms with Crippen LogP contribution < -0.4 is 9.03 Å². The number of sulfonamides is 2. The molecule has 1 aliphatic heterocycles. The lowest BCUT2D eigenvalue weighted by molar-refractivity contribution is 0.587. The highest BCUT2D eigenvalue weighted by molar-refractivity contribution is 7.93. The van der Waals surface area contributed by atoms with Crippen molar-refractivity contribution < 1.29 is 21.2 Å². The third-order valence-corrected chi connectivity index (χ3v) is 7.38. The molecule has 1 heterocycles. The van der Waals surface area contributed by atoms with Gasteiger partial charge in [-0.1, -0.05) is 12.1 Å². The Kier molecular flexibility index (Phi) is 4.94. The third kappa shape index (κ3) is 3.68. The van der Waals surface area contributed by atoms with Crippen molar-refractivity contribution >= 4 is 31.4 Å². The lowest BCUT2D eigenvalue weighted by atomic mass is 10.0. The maximum Gasteiger partial charge on any atom is 0.261 e. The standard InChI is InChI=1S/C17H19FN2O4S2/c1-2-25(21,22)20-10-4-5-13-8-9-15(12-17(13)20)19-26(23,24)16-7-3-6-14(18)11-16/h3,6-9,11-12,19H,2,4-5,10H2,1H3. The Morgan fingerprint density at radius 2 is 1.88 bits per heavy atom. The van der Waals surface area contributed by atoms with Crippen molar-refractivity contribution in [2.24, 2.45) is 0 Å². The highest BCUT2D eigenvalue weighted by Crippen LogP contribution is 2.32. The Bertz CT molecular complexity index is 1040. The Hall–Kier alpha value is -2.13. The molecule has 6 nitrogen and oxygen atoms in total. The van der Waals surface area contributed by atoms with Crippen molar-refractivity contribution in [1.82, 2.24) is 0 Å². The summed E-state index contributed by atoms with van der Waals surface area (Å²) in [6.45, 7) is 1.93. The average Bonchev–Trinajstić information content (AvgIpc) is 2.60. The molecule has 0 aromatic heterocycles. The molecule has 26 heavy (non-hydrogen) atoms. The molecule has 2 aromatic rings. The van der Waals surface area contributed by atoms with E-state index < -0.39 is 25.9 Å². The number of anilines is 2. The molecule has 0 saturated heterocycles. The third-order valence-electron chi connectivity index (χ3n) is 4.22. The molecule has 0 aliphatic carbocycles. The highest BCUT2D eigenvalue weighted by Gasteiger charge is 2.27. The summed E-state index contributed by atoms with van der Waals surface area (Å²) in [5, 5.41) is 0. The molecule has 0 bridgehead atoms. The van der Waals surface area contributed by atoms with Crippen LogP contribution in [0.25, 0.3) is 0 Å². The summed E-state index contributed by atoms with van der Waals surface area (Å²) in [4.78, 5) is -0.201. The number of nitrogens with zero attached hydrogens (tertiary/aromatic N) is 1. The van der Waals surface area contributed by atoms with Crippen LogP contribution >= 0.6 is 0 Å². The van der Waals surface area contributed by atoms with Crippen molar-refractivity contribution in [3.05, 3.63) is 53.8 Å². The number of rotatable bonds is 5. The SMILES string of the molecule is CCS(=O)(=O)N1CCCc2ccc(NS(=O)(=O)c3cccc(F)c3)cc21. The fourth-order valence-electron chi connectivity index (χ4n) is 2.90. The Morgan fingerprint density at radius 3 is 2.58 bits per heavy atom. The zero-order valence-corrected chi connectivity index (χ0v) is 15.8. The maximum absolute atomic E-state index is 13.3. The van der Waals surface area contributed by atoms with Gasteiger partial charge in [0.1, 0.15) is 5.82 Å². The van der Waals surface area contributed by atoms with Crippen LogP contribution in [0.3, 0.4) is 0 Å². The van der Waals surface area contributed by atoms with E-state index >= 15 is 0 Å². The number of fused-ring (bicyclic) bond motifs is 1. The Morgan fingerprint density at radius 1 is 1.12 bits per heavy atom. The van der Waals surface area contributed by atoms with Crippen molar-refractivity contribution in [2.45, 2.75) is 24.7 Å². The van der Waals surface area contributed by atoms with Gasteiger partial charge in [-0.15, -0.1) is 0 Å².